The number of hydrogen-bond acceptors (Lipinski definition) is 5. The SMILES string of the molecule is c1nnc(N2C3CCNCC2CC3)s1. The van der Waals surface area contributed by atoms with Crippen LogP contribution < -0.4 is 10.2 Å². The summed E-state index contributed by atoms with van der Waals surface area (Å²) in [5.41, 5.74) is 1.83. The maximum absolute atomic E-state index is 4.19. The second-order valence-electron chi connectivity index (χ2n) is 4.01. The lowest BCUT2D eigenvalue weighted by Crippen LogP contribution is -2.37. The van der Waals surface area contributed by atoms with E-state index in [1.807, 2.05) is 5.51 Å². The van der Waals surface area contributed by atoms with E-state index in [-0.39, 0.29) is 0 Å². The Hall–Kier alpha value is -0.680. The largest absolute Gasteiger partial charge is 0.339 e. The average Bonchev–Trinajstić information content (AvgIpc) is 2.72. The van der Waals surface area contributed by atoms with Crippen molar-refractivity contribution < 1.29 is 0 Å². The topological polar surface area (TPSA) is 41.1 Å². The van der Waals surface area contributed by atoms with Gasteiger partial charge in [-0.3, -0.25) is 0 Å². The van der Waals surface area contributed by atoms with Crippen LogP contribution in [0, 0.1) is 0 Å². The van der Waals surface area contributed by atoms with Crippen molar-refractivity contribution in [3.63, 3.8) is 0 Å². The van der Waals surface area contributed by atoms with Gasteiger partial charge in [-0.05, 0) is 25.8 Å². The van der Waals surface area contributed by atoms with Gasteiger partial charge < -0.3 is 10.2 Å². The molecular formula is C9H14N4S. The Labute approximate surface area is 87.3 Å². The minimum absolute atomic E-state index is 0.649. The van der Waals surface area contributed by atoms with Crippen molar-refractivity contribution in [1.82, 2.24) is 15.5 Å². The molecule has 2 bridgehead atoms. The van der Waals surface area contributed by atoms with Crippen LogP contribution in [0.5, 0.6) is 0 Å². The molecule has 1 aromatic rings. The molecule has 5 heteroatoms. The van der Waals surface area contributed by atoms with Crippen LogP contribution in [0.25, 0.3) is 0 Å². The van der Waals surface area contributed by atoms with Gasteiger partial charge in [-0.2, -0.15) is 0 Å². The van der Waals surface area contributed by atoms with Gasteiger partial charge in [0.1, 0.15) is 5.51 Å². The number of aromatic nitrogens is 2. The molecule has 2 aliphatic heterocycles. The number of nitrogens with one attached hydrogen (secondary N) is 1. The number of nitrogens with zero attached hydrogens (tertiary/aromatic N) is 3. The molecule has 3 heterocycles. The predicted molar refractivity (Wildman–Crippen MR) is 56.7 cm³/mol. The molecule has 0 radical (unpaired) electrons. The highest BCUT2D eigenvalue weighted by Crippen LogP contribution is 2.33. The van der Waals surface area contributed by atoms with Gasteiger partial charge in [0.25, 0.3) is 0 Å². The van der Waals surface area contributed by atoms with Gasteiger partial charge in [-0.1, -0.05) is 11.3 Å². The van der Waals surface area contributed by atoms with Crippen molar-refractivity contribution in [2.45, 2.75) is 31.3 Å². The first-order valence-electron chi connectivity index (χ1n) is 5.20. The summed E-state index contributed by atoms with van der Waals surface area (Å²) in [7, 11) is 0. The molecule has 2 aliphatic rings. The monoisotopic (exact) mass is 210 g/mol. The van der Waals surface area contributed by atoms with E-state index >= 15 is 0 Å². The average molecular weight is 210 g/mol. The van der Waals surface area contributed by atoms with Crippen molar-refractivity contribution in [2.24, 2.45) is 0 Å². The highest BCUT2D eigenvalue weighted by molar-refractivity contribution is 7.13. The van der Waals surface area contributed by atoms with Gasteiger partial charge >= 0.3 is 0 Å². The second-order valence-corrected chi connectivity index (χ2v) is 4.82. The van der Waals surface area contributed by atoms with Crippen LogP contribution in [0.4, 0.5) is 5.13 Å². The van der Waals surface area contributed by atoms with Gasteiger partial charge in [0.2, 0.25) is 5.13 Å². The molecule has 1 N–H and O–H groups in total. The second kappa shape index (κ2) is 3.47. The maximum Gasteiger partial charge on any atom is 0.208 e. The highest BCUT2D eigenvalue weighted by Gasteiger charge is 2.36. The van der Waals surface area contributed by atoms with Gasteiger partial charge in [-0.25, -0.2) is 0 Å². The molecule has 0 aromatic carbocycles. The molecule has 4 nitrogen and oxygen atoms in total. The Balaban J connectivity index is 1.90. The van der Waals surface area contributed by atoms with Crippen LogP contribution >= 0.6 is 11.3 Å². The van der Waals surface area contributed by atoms with Gasteiger partial charge in [0.05, 0.1) is 0 Å². The molecule has 2 unspecified atom stereocenters. The summed E-state index contributed by atoms with van der Waals surface area (Å²) in [6.07, 6.45) is 3.87. The van der Waals surface area contributed by atoms with Crippen molar-refractivity contribution >= 4 is 16.5 Å². The van der Waals surface area contributed by atoms with E-state index < -0.39 is 0 Å². The third-order valence-corrected chi connectivity index (χ3v) is 3.93. The standard InChI is InChI=1S/C9H14N4S/c1-2-8-5-10-4-3-7(1)13(8)9-12-11-6-14-9/h6-8,10H,1-5H2. The fourth-order valence-corrected chi connectivity index (χ4v) is 3.28. The highest BCUT2D eigenvalue weighted by atomic mass is 32.1. The van der Waals surface area contributed by atoms with Crippen LogP contribution in [0.2, 0.25) is 0 Å². The van der Waals surface area contributed by atoms with Crippen LogP contribution in [-0.2, 0) is 0 Å². The molecule has 14 heavy (non-hydrogen) atoms. The van der Waals surface area contributed by atoms with Crippen LogP contribution in [0.15, 0.2) is 5.51 Å². The summed E-state index contributed by atoms with van der Waals surface area (Å²) in [6.45, 7) is 2.26. The summed E-state index contributed by atoms with van der Waals surface area (Å²) in [5, 5.41) is 12.7. The summed E-state index contributed by atoms with van der Waals surface area (Å²) >= 11 is 1.66. The van der Waals surface area contributed by atoms with Crippen molar-refractivity contribution in [1.29, 1.82) is 0 Å². The van der Waals surface area contributed by atoms with E-state index in [1.54, 1.807) is 11.3 Å². The molecule has 0 amide bonds. The lowest BCUT2D eigenvalue weighted by Gasteiger charge is -2.26. The maximum atomic E-state index is 4.19. The third-order valence-electron chi connectivity index (χ3n) is 3.22. The molecule has 3 rings (SSSR count). The first-order chi connectivity index (χ1) is 6.95. The van der Waals surface area contributed by atoms with E-state index in [9.17, 15) is 0 Å². The zero-order chi connectivity index (χ0) is 9.38. The van der Waals surface area contributed by atoms with Crippen molar-refractivity contribution in [3.05, 3.63) is 5.51 Å². The van der Waals surface area contributed by atoms with Gasteiger partial charge in [0, 0.05) is 18.6 Å². The Bertz CT molecular complexity index is 286. The fraction of sp³-hybridized carbons (Fsp3) is 0.778. The summed E-state index contributed by atoms with van der Waals surface area (Å²) in [6, 6.07) is 1.35. The van der Waals surface area contributed by atoms with Crippen molar-refractivity contribution in [3.8, 4) is 0 Å². The van der Waals surface area contributed by atoms with E-state index in [0.29, 0.717) is 12.1 Å². The molecule has 0 spiro atoms. The third kappa shape index (κ3) is 1.31. The minimum atomic E-state index is 0.649. The van der Waals surface area contributed by atoms with Crippen molar-refractivity contribution in [2.75, 3.05) is 18.0 Å². The van der Waals surface area contributed by atoms with E-state index in [4.69, 9.17) is 0 Å². The molecule has 0 aliphatic carbocycles. The lowest BCUT2D eigenvalue weighted by atomic mass is 10.1. The Morgan fingerprint density at radius 2 is 2.29 bits per heavy atom. The Morgan fingerprint density at radius 1 is 1.36 bits per heavy atom. The molecule has 1 aromatic heterocycles. The molecule has 76 valence electrons. The summed E-state index contributed by atoms with van der Waals surface area (Å²) < 4.78 is 0. The van der Waals surface area contributed by atoms with Gasteiger partial charge in [-0.15, -0.1) is 10.2 Å². The quantitative estimate of drug-likeness (QED) is 0.746. The van der Waals surface area contributed by atoms with E-state index in [2.05, 4.69) is 20.4 Å². The predicted octanol–water partition coefficient (Wildman–Crippen LogP) is 0.869. The molecule has 2 atom stereocenters. The fourth-order valence-electron chi connectivity index (χ4n) is 2.57. The number of fused-ring (bicyclic) bond motifs is 2. The Kier molecular flexibility index (Phi) is 2.14. The van der Waals surface area contributed by atoms with E-state index in [1.165, 1.54) is 19.3 Å². The zero-order valence-electron chi connectivity index (χ0n) is 8.02. The molecule has 2 fully saturated rings. The minimum Gasteiger partial charge on any atom is -0.339 e. The molecule has 0 saturated carbocycles. The van der Waals surface area contributed by atoms with Crippen LogP contribution in [0.3, 0.4) is 0 Å². The van der Waals surface area contributed by atoms with Gasteiger partial charge in [0.15, 0.2) is 0 Å². The number of rotatable bonds is 1. The smallest absolute Gasteiger partial charge is 0.208 e. The summed E-state index contributed by atoms with van der Waals surface area (Å²) in [5.74, 6) is 0. The molecule has 2 saturated heterocycles. The molecular weight excluding hydrogens is 196 g/mol. The number of anilines is 1. The first-order valence-corrected chi connectivity index (χ1v) is 6.08. The lowest BCUT2D eigenvalue weighted by molar-refractivity contribution is 0.567. The zero-order valence-corrected chi connectivity index (χ0v) is 8.83. The Morgan fingerprint density at radius 3 is 3.14 bits per heavy atom. The summed E-state index contributed by atoms with van der Waals surface area (Å²) in [4.78, 5) is 2.48. The normalized spacial score (nSPS) is 31.9. The first kappa shape index (κ1) is 8.61. The van der Waals surface area contributed by atoms with E-state index in [0.717, 1.165) is 18.2 Å². The van der Waals surface area contributed by atoms with Crippen LogP contribution in [-0.4, -0.2) is 35.4 Å². The number of hydrogen-bond donors (Lipinski definition) is 1. The van der Waals surface area contributed by atoms with Crippen LogP contribution in [0.1, 0.15) is 19.3 Å².